The Morgan fingerprint density at radius 2 is 2.00 bits per heavy atom. The third kappa shape index (κ3) is 2.32. The van der Waals surface area contributed by atoms with E-state index in [1.807, 2.05) is 0 Å². The molecule has 7 heteroatoms. The number of rotatable bonds is 4. The van der Waals surface area contributed by atoms with E-state index in [0.717, 1.165) is 12.8 Å². The van der Waals surface area contributed by atoms with Crippen molar-refractivity contribution in [1.29, 1.82) is 0 Å². The summed E-state index contributed by atoms with van der Waals surface area (Å²) in [6, 6.07) is -0.891. The number of sulfonamides is 1. The molecular formula is C10H17NO4S2. The lowest BCUT2D eigenvalue weighted by Gasteiger charge is -2.28. The van der Waals surface area contributed by atoms with Crippen LogP contribution in [0.4, 0.5) is 0 Å². The predicted molar refractivity (Wildman–Crippen MR) is 66.3 cm³/mol. The normalized spacial score (nSPS) is 31.0. The second-order valence-electron chi connectivity index (χ2n) is 4.84. The predicted octanol–water partition coefficient (Wildman–Crippen LogP) is 0.963. The summed E-state index contributed by atoms with van der Waals surface area (Å²) in [5.41, 5.74) is 0. The molecular weight excluding hydrogens is 262 g/mol. The zero-order chi connectivity index (χ0) is 12.8. The highest BCUT2D eigenvalue weighted by Gasteiger charge is 2.51. The molecule has 2 aliphatic rings. The third-order valence-electron chi connectivity index (χ3n) is 3.18. The van der Waals surface area contributed by atoms with Crippen molar-refractivity contribution in [2.75, 3.05) is 5.75 Å². The van der Waals surface area contributed by atoms with E-state index >= 15 is 0 Å². The zero-order valence-electron chi connectivity index (χ0n) is 9.87. The summed E-state index contributed by atoms with van der Waals surface area (Å²) in [6.07, 6.45) is 2.02. The van der Waals surface area contributed by atoms with E-state index in [2.05, 4.69) is 0 Å². The molecule has 1 saturated heterocycles. The first-order chi connectivity index (χ1) is 7.85. The molecule has 0 amide bonds. The molecule has 17 heavy (non-hydrogen) atoms. The van der Waals surface area contributed by atoms with Crippen LogP contribution in [-0.2, 0) is 14.8 Å². The van der Waals surface area contributed by atoms with E-state index in [4.69, 9.17) is 5.11 Å². The van der Waals surface area contributed by atoms with Crippen LogP contribution in [0.2, 0.25) is 0 Å². The van der Waals surface area contributed by atoms with Gasteiger partial charge in [-0.05, 0) is 32.6 Å². The van der Waals surface area contributed by atoms with Crippen molar-refractivity contribution in [1.82, 2.24) is 4.31 Å². The topological polar surface area (TPSA) is 74.7 Å². The van der Waals surface area contributed by atoms with Crippen molar-refractivity contribution < 1.29 is 18.3 Å². The molecule has 2 fully saturated rings. The maximum atomic E-state index is 12.2. The van der Waals surface area contributed by atoms with Crippen molar-refractivity contribution in [3.05, 3.63) is 0 Å². The van der Waals surface area contributed by atoms with Crippen LogP contribution in [0.5, 0.6) is 0 Å². The Morgan fingerprint density at radius 1 is 1.41 bits per heavy atom. The van der Waals surface area contributed by atoms with Gasteiger partial charge in [-0.25, -0.2) is 8.42 Å². The van der Waals surface area contributed by atoms with E-state index in [-0.39, 0.29) is 5.37 Å². The molecule has 0 spiro atoms. The number of aliphatic carboxylic acids is 1. The van der Waals surface area contributed by atoms with E-state index in [0.29, 0.717) is 11.7 Å². The summed E-state index contributed by atoms with van der Waals surface area (Å²) in [5, 5.41) is 8.40. The average molecular weight is 279 g/mol. The van der Waals surface area contributed by atoms with Gasteiger partial charge < -0.3 is 5.11 Å². The molecule has 0 bridgehead atoms. The fraction of sp³-hybridized carbons (Fsp3) is 0.900. The van der Waals surface area contributed by atoms with Gasteiger partial charge in [0.1, 0.15) is 6.04 Å². The van der Waals surface area contributed by atoms with Crippen LogP contribution in [0.25, 0.3) is 0 Å². The Bertz CT molecular complexity index is 416. The fourth-order valence-corrected chi connectivity index (χ4v) is 5.61. The Hall–Kier alpha value is -0.270. The second kappa shape index (κ2) is 4.44. The van der Waals surface area contributed by atoms with Gasteiger partial charge in [-0.3, -0.25) is 4.79 Å². The first-order valence-corrected chi connectivity index (χ1v) is 8.27. The lowest BCUT2D eigenvalue weighted by Crippen LogP contribution is -2.48. The SMILES string of the molecule is CC(C)S(=O)(=O)N1C(C(=O)O)CSC1C1CC1. The summed E-state index contributed by atoms with van der Waals surface area (Å²) in [7, 11) is -3.49. The molecule has 2 atom stereocenters. The molecule has 1 aliphatic heterocycles. The highest BCUT2D eigenvalue weighted by atomic mass is 32.2. The highest BCUT2D eigenvalue weighted by Crippen LogP contribution is 2.47. The van der Waals surface area contributed by atoms with Crippen molar-refractivity contribution >= 4 is 27.8 Å². The van der Waals surface area contributed by atoms with Crippen LogP contribution < -0.4 is 0 Å². The minimum atomic E-state index is -3.49. The minimum Gasteiger partial charge on any atom is -0.480 e. The number of thioether (sulfide) groups is 1. The molecule has 5 nitrogen and oxygen atoms in total. The summed E-state index contributed by atoms with van der Waals surface area (Å²) >= 11 is 1.47. The molecule has 0 aromatic heterocycles. The first kappa shape index (κ1) is 13.2. The van der Waals surface area contributed by atoms with E-state index < -0.39 is 27.3 Å². The summed E-state index contributed by atoms with van der Waals surface area (Å²) in [5.74, 6) is -0.328. The van der Waals surface area contributed by atoms with Crippen LogP contribution in [0.1, 0.15) is 26.7 Å². The van der Waals surface area contributed by atoms with Gasteiger partial charge in [-0.1, -0.05) is 0 Å². The van der Waals surface area contributed by atoms with Crippen LogP contribution >= 0.6 is 11.8 Å². The molecule has 1 N–H and O–H groups in total. The number of hydrogen-bond acceptors (Lipinski definition) is 4. The van der Waals surface area contributed by atoms with Crippen molar-refractivity contribution in [2.24, 2.45) is 5.92 Å². The summed E-state index contributed by atoms with van der Waals surface area (Å²) in [6.45, 7) is 3.20. The molecule has 1 heterocycles. The van der Waals surface area contributed by atoms with Gasteiger partial charge in [0.25, 0.3) is 0 Å². The fourth-order valence-electron chi connectivity index (χ4n) is 1.98. The molecule has 1 saturated carbocycles. The number of hydrogen-bond donors (Lipinski definition) is 1. The molecule has 2 unspecified atom stereocenters. The number of nitrogens with zero attached hydrogens (tertiary/aromatic N) is 1. The number of carboxylic acid groups (broad SMARTS) is 1. The minimum absolute atomic E-state index is 0.163. The maximum absolute atomic E-state index is 12.2. The Balaban J connectivity index is 2.32. The Kier molecular flexibility index (Phi) is 3.44. The van der Waals surface area contributed by atoms with E-state index in [1.165, 1.54) is 16.1 Å². The maximum Gasteiger partial charge on any atom is 0.322 e. The Labute approximate surface area is 106 Å². The Morgan fingerprint density at radius 3 is 2.41 bits per heavy atom. The van der Waals surface area contributed by atoms with Crippen molar-refractivity contribution in [2.45, 2.75) is 43.4 Å². The molecule has 0 aromatic carbocycles. The van der Waals surface area contributed by atoms with Crippen LogP contribution in [0.3, 0.4) is 0 Å². The van der Waals surface area contributed by atoms with Crippen LogP contribution in [0.15, 0.2) is 0 Å². The summed E-state index contributed by atoms with van der Waals surface area (Å²) < 4.78 is 25.7. The van der Waals surface area contributed by atoms with Gasteiger partial charge in [0, 0.05) is 5.75 Å². The van der Waals surface area contributed by atoms with Crippen LogP contribution in [0, 0.1) is 5.92 Å². The second-order valence-corrected chi connectivity index (χ2v) is 8.38. The average Bonchev–Trinajstić information content (AvgIpc) is 2.95. The monoisotopic (exact) mass is 279 g/mol. The lowest BCUT2D eigenvalue weighted by atomic mass is 10.3. The molecule has 2 rings (SSSR count). The first-order valence-electron chi connectivity index (χ1n) is 5.72. The smallest absolute Gasteiger partial charge is 0.322 e. The number of carboxylic acids is 1. The largest absolute Gasteiger partial charge is 0.480 e. The van der Waals surface area contributed by atoms with Gasteiger partial charge in [-0.15, -0.1) is 11.8 Å². The van der Waals surface area contributed by atoms with Crippen molar-refractivity contribution in [3.8, 4) is 0 Å². The van der Waals surface area contributed by atoms with Gasteiger partial charge in [-0.2, -0.15) is 4.31 Å². The van der Waals surface area contributed by atoms with Gasteiger partial charge in [0.15, 0.2) is 0 Å². The number of carbonyl (C=O) groups is 1. The lowest BCUT2D eigenvalue weighted by molar-refractivity contribution is -0.140. The van der Waals surface area contributed by atoms with Crippen LogP contribution in [-0.4, -0.2) is 46.2 Å². The quantitative estimate of drug-likeness (QED) is 0.829. The highest BCUT2D eigenvalue weighted by molar-refractivity contribution is 8.01. The van der Waals surface area contributed by atoms with Crippen molar-refractivity contribution in [3.63, 3.8) is 0 Å². The standard InChI is InChI=1S/C10H17NO4S2/c1-6(2)17(14,15)11-8(10(12)13)5-16-9(11)7-3-4-7/h6-9H,3-5H2,1-2H3,(H,12,13). The summed E-state index contributed by atoms with van der Waals surface area (Å²) in [4.78, 5) is 11.2. The molecule has 98 valence electrons. The third-order valence-corrected chi connectivity index (χ3v) is 7.04. The molecule has 1 aliphatic carbocycles. The van der Waals surface area contributed by atoms with E-state index in [9.17, 15) is 13.2 Å². The van der Waals surface area contributed by atoms with E-state index in [1.54, 1.807) is 13.8 Å². The van der Waals surface area contributed by atoms with Gasteiger partial charge in [0.2, 0.25) is 10.0 Å². The zero-order valence-corrected chi connectivity index (χ0v) is 11.5. The molecule has 0 radical (unpaired) electrons. The van der Waals surface area contributed by atoms with Gasteiger partial charge in [0.05, 0.1) is 10.6 Å². The van der Waals surface area contributed by atoms with Gasteiger partial charge >= 0.3 is 5.97 Å². The molecule has 0 aromatic rings.